The highest BCUT2D eigenvalue weighted by molar-refractivity contribution is 8.26. The molecule has 2 amide bonds. The molecule has 0 bridgehead atoms. The number of rotatable bonds is 7. The number of furan rings is 1. The van der Waals surface area contributed by atoms with Crippen molar-refractivity contribution >= 4 is 56.0 Å². The van der Waals surface area contributed by atoms with E-state index >= 15 is 0 Å². The van der Waals surface area contributed by atoms with Gasteiger partial charge in [0.25, 0.3) is 5.91 Å². The Bertz CT molecular complexity index is 1250. The molecule has 2 aliphatic rings. The number of thioether (sulfide) groups is 1. The normalized spacial score (nSPS) is 20.9. The van der Waals surface area contributed by atoms with Crippen LogP contribution in [-0.4, -0.2) is 58.4 Å². The van der Waals surface area contributed by atoms with Crippen LogP contribution in [0.25, 0.3) is 6.08 Å². The van der Waals surface area contributed by atoms with Gasteiger partial charge >= 0.3 is 0 Å². The SMILES string of the molecule is Cc1ccc(CN(C(=O)CCN2C(=O)/C(=C/c3ccc(F)cc3)SC2=S)C2CCS(=O)(=O)C2)o1. The highest BCUT2D eigenvalue weighted by Gasteiger charge is 2.36. The van der Waals surface area contributed by atoms with Crippen molar-refractivity contribution in [3.8, 4) is 0 Å². The molecule has 2 fully saturated rings. The zero-order valence-electron chi connectivity index (χ0n) is 18.4. The van der Waals surface area contributed by atoms with Gasteiger partial charge in [0.2, 0.25) is 5.91 Å². The van der Waals surface area contributed by atoms with Crippen LogP contribution >= 0.6 is 24.0 Å². The van der Waals surface area contributed by atoms with Crippen molar-refractivity contribution in [2.24, 2.45) is 0 Å². The first-order valence-electron chi connectivity index (χ1n) is 10.7. The van der Waals surface area contributed by atoms with Crippen LogP contribution in [0.2, 0.25) is 0 Å². The first-order valence-corrected chi connectivity index (χ1v) is 13.7. The van der Waals surface area contributed by atoms with Gasteiger partial charge in [-0.05, 0) is 49.2 Å². The smallest absolute Gasteiger partial charge is 0.266 e. The lowest BCUT2D eigenvalue weighted by Crippen LogP contribution is -2.42. The van der Waals surface area contributed by atoms with E-state index in [1.165, 1.54) is 21.9 Å². The number of nitrogens with zero attached hydrogens (tertiary/aromatic N) is 2. The van der Waals surface area contributed by atoms with Crippen molar-refractivity contribution in [3.05, 3.63) is 64.2 Å². The Hall–Kier alpha value is -2.50. The lowest BCUT2D eigenvalue weighted by Gasteiger charge is -2.28. The lowest BCUT2D eigenvalue weighted by atomic mass is 10.2. The summed E-state index contributed by atoms with van der Waals surface area (Å²) < 4.78 is 43.1. The molecule has 2 saturated heterocycles. The second kappa shape index (κ2) is 10.0. The van der Waals surface area contributed by atoms with Crippen LogP contribution < -0.4 is 0 Å². The number of hydrogen-bond donors (Lipinski definition) is 0. The number of carbonyl (C=O) groups excluding carboxylic acids is 2. The summed E-state index contributed by atoms with van der Waals surface area (Å²) in [6.07, 6.45) is 2.00. The van der Waals surface area contributed by atoms with Crippen molar-refractivity contribution in [2.75, 3.05) is 18.1 Å². The highest BCUT2D eigenvalue weighted by Crippen LogP contribution is 2.33. The third-order valence-electron chi connectivity index (χ3n) is 5.68. The summed E-state index contributed by atoms with van der Waals surface area (Å²) in [4.78, 5) is 29.3. The third kappa shape index (κ3) is 5.76. The molecule has 1 aromatic heterocycles. The van der Waals surface area contributed by atoms with Crippen molar-refractivity contribution < 1.29 is 26.8 Å². The average molecular weight is 523 g/mol. The summed E-state index contributed by atoms with van der Waals surface area (Å²) in [7, 11) is -3.19. The monoisotopic (exact) mass is 522 g/mol. The van der Waals surface area contributed by atoms with Crippen LogP contribution in [0.4, 0.5) is 4.39 Å². The Labute approximate surface area is 206 Å². The minimum atomic E-state index is -3.19. The molecule has 0 saturated carbocycles. The number of amides is 2. The Morgan fingerprint density at radius 2 is 2.03 bits per heavy atom. The van der Waals surface area contributed by atoms with Gasteiger partial charge in [0, 0.05) is 19.0 Å². The van der Waals surface area contributed by atoms with E-state index in [1.54, 1.807) is 37.3 Å². The standard InChI is InChI=1S/C23H23FN2O5S3/c1-15-2-7-19(31-15)13-26(18-9-11-34(29,30)14-18)21(27)8-10-25-22(28)20(33-23(25)32)12-16-3-5-17(24)6-4-16/h2-7,12,18H,8-11,13-14H2,1H3/b20-12-. The van der Waals surface area contributed by atoms with Gasteiger partial charge in [-0.1, -0.05) is 36.1 Å². The van der Waals surface area contributed by atoms with E-state index in [0.29, 0.717) is 32.7 Å². The molecule has 2 aliphatic heterocycles. The molecule has 4 rings (SSSR count). The van der Waals surface area contributed by atoms with Crippen LogP contribution in [0.3, 0.4) is 0 Å². The Kier molecular flexibility index (Phi) is 7.25. The van der Waals surface area contributed by atoms with Gasteiger partial charge in [0.15, 0.2) is 9.84 Å². The Balaban J connectivity index is 1.44. The molecule has 1 unspecified atom stereocenters. The molecule has 7 nitrogen and oxygen atoms in total. The van der Waals surface area contributed by atoms with Gasteiger partial charge in [-0.2, -0.15) is 0 Å². The average Bonchev–Trinajstić information content (AvgIpc) is 3.43. The number of aryl methyl sites for hydroxylation is 1. The first-order chi connectivity index (χ1) is 16.1. The van der Waals surface area contributed by atoms with E-state index in [9.17, 15) is 22.4 Å². The second-order valence-electron chi connectivity index (χ2n) is 8.23. The fourth-order valence-corrected chi connectivity index (χ4v) is 6.97. The summed E-state index contributed by atoms with van der Waals surface area (Å²) in [6, 6.07) is 8.86. The minimum Gasteiger partial charge on any atom is -0.464 e. The van der Waals surface area contributed by atoms with E-state index in [-0.39, 0.29) is 48.6 Å². The fourth-order valence-electron chi connectivity index (χ4n) is 3.93. The summed E-state index contributed by atoms with van der Waals surface area (Å²) in [5.41, 5.74) is 0.667. The molecular formula is C23H23FN2O5S3. The van der Waals surface area contributed by atoms with E-state index in [0.717, 1.165) is 11.8 Å². The Morgan fingerprint density at radius 1 is 1.29 bits per heavy atom. The maximum atomic E-state index is 13.2. The number of benzene rings is 1. The zero-order chi connectivity index (χ0) is 24.5. The van der Waals surface area contributed by atoms with E-state index in [2.05, 4.69) is 0 Å². The highest BCUT2D eigenvalue weighted by atomic mass is 32.2. The largest absolute Gasteiger partial charge is 0.464 e. The van der Waals surface area contributed by atoms with Crippen LogP contribution in [0.5, 0.6) is 0 Å². The van der Waals surface area contributed by atoms with Crippen molar-refractivity contribution in [1.29, 1.82) is 0 Å². The quantitative estimate of drug-likeness (QED) is 0.406. The minimum absolute atomic E-state index is 0.00743. The molecule has 0 N–H and O–H groups in total. The van der Waals surface area contributed by atoms with Gasteiger partial charge in [0.1, 0.15) is 21.7 Å². The molecule has 0 aliphatic carbocycles. The molecule has 0 radical (unpaired) electrons. The number of thiocarbonyl (C=S) groups is 1. The third-order valence-corrected chi connectivity index (χ3v) is 8.81. The number of hydrogen-bond acceptors (Lipinski definition) is 7. The predicted octanol–water partition coefficient (Wildman–Crippen LogP) is 3.53. The number of carbonyl (C=O) groups is 2. The van der Waals surface area contributed by atoms with Crippen LogP contribution in [0, 0.1) is 12.7 Å². The van der Waals surface area contributed by atoms with Crippen LogP contribution in [-0.2, 0) is 26.0 Å². The number of sulfone groups is 1. The number of halogens is 1. The predicted molar refractivity (Wildman–Crippen MR) is 132 cm³/mol. The maximum Gasteiger partial charge on any atom is 0.266 e. The lowest BCUT2D eigenvalue weighted by molar-refractivity contribution is -0.134. The van der Waals surface area contributed by atoms with Gasteiger partial charge in [0.05, 0.1) is 23.0 Å². The Morgan fingerprint density at radius 3 is 2.65 bits per heavy atom. The van der Waals surface area contributed by atoms with Gasteiger partial charge in [-0.15, -0.1) is 0 Å². The summed E-state index contributed by atoms with van der Waals surface area (Å²) in [5, 5.41) is 0. The topological polar surface area (TPSA) is 87.9 Å². The molecule has 0 spiro atoms. The van der Waals surface area contributed by atoms with Crippen molar-refractivity contribution in [3.63, 3.8) is 0 Å². The van der Waals surface area contributed by atoms with Crippen LogP contribution in [0.1, 0.15) is 29.9 Å². The molecular weight excluding hydrogens is 499 g/mol. The molecule has 180 valence electrons. The molecule has 3 heterocycles. The molecule has 1 aromatic carbocycles. The summed E-state index contributed by atoms with van der Waals surface area (Å²) in [6.45, 7) is 2.04. The van der Waals surface area contributed by atoms with E-state index in [4.69, 9.17) is 16.6 Å². The zero-order valence-corrected chi connectivity index (χ0v) is 20.8. The van der Waals surface area contributed by atoms with Crippen molar-refractivity contribution in [1.82, 2.24) is 9.80 Å². The molecule has 34 heavy (non-hydrogen) atoms. The van der Waals surface area contributed by atoms with E-state index in [1.807, 2.05) is 0 Å². The van der Waals surface area contributed by atoms with Gasteiger partial charge in [-0.25, -0.2) is 12.8 Å². The molecule has 2 aromatic rings. The molecule has 11 heteroatoms. The fraction of sp³-hybridized carbons (Fsp3) is 0.348. The van der Waals surface area contributed by atoms with E-state index < -0.39 is 15.9 Å². The summed E-state index contributed by atoms with van der Waals surface area (Å²) in [5.74, 6) is 0.278. The summed E-state index contributed by atoms with van der Waals surface area (Å²) >= 11 is 6.47. The van der Waals surface area contributed by atoms with Crippen LogP contribution in [0.15, 0.2) is 45.7 Å². The maximum absolute atomic E-state index is 13.2. The van der Waals surface area contributed by atoms with Crippen molar-refractivity contribution in [2.45, 2.75) is 32.4 Å². The first kappa shape index (κ1) is 24.6. The molecule has 1 atom stereocenters. The van der Waals surface area contributed by atoms with Gasteiger partial charge < -0.3 is 9.32 Å². The second-order valence-corrected chi connectivity index (χ2v) is 12.1. The van der Waals surface area contributed by atoms with Gasteiger partial charge in [-0.3, -0.25) is 14.5 Å².